The van der Waals surface area contributed by atoms with Crippen LogP contribution in [0.1, 0.15) is 11.1 Å². The van der Waals surface area contributed by atoms with Gasteiger partial charge in [0.1, 0.15) is 4.90 Å². The molecule has 0 aliphatic rings. The third kappa shape index (κ3) is 4.08. The molecule has 0 aromatic heterocycles. The molecule has 130 valence electrons. The average Bonchev–Trinajstić information content (AvgIpc) is 2.48. The van der Waals surface area contributed by atoms with E-state index in [-0.39, 0.29) is 32.1 Å². The van der Waals surface area contributed by atoms with Crippen molar-refractivity contribution in [3.8, 4) is 0 Å². The van der Waals surface area contributed by atoms with E-state index in [0.717, 1.165) is 12.1 Å². The van der Waals surface area contributed by atoms with Crippen LogP contribution in [0.15, 0.2) is 41.3 Å². The molecule has 0 radical (unpaired) electrons. The van der Waals surface area contributed by atoms with Crippen LogP contribution in [-0.4, -0.2) is 8.42 Å². The summed E-state index contributed by atoms with van der Waals surface area (Å²) in [6.45, 7) is 0. The highest BCUT2D eigenvalue weighted by atomic mass is 35.5. The predicted molar refractivity (Wildman–Crippen MR) is 88.3 cm³/mol. The monoisotopic (exact) mass is 417 g/mol. The summed E-state index contributed by atoms with van der Waals surface area (Å²) < 4.78 is 65.4. The first kappa shape index (κ1) is 19.2. The molecule has 24 heavy (non-hydrogen) atoms. The van der Waals surface area contributed by atoms with E-state index in [0.29, 0.717) is 6.07 Å². The van der Waals surface area contributed by atoms with E-state index in [9.17, 15) is 21.6 Å². The Morgan fingerprint density at radius 3 is 2.33 bits per heavy atom. The number of anilines is 1. The highest BCUT2D eigenvalue weighted by Gasteiger charge is 2.31. The minimum atomic E-state index is -4.63. The van der Waals surface area contributed by atoms with Gasteiger partial charge in [0.05, 0.1) is 21.3 Å². The van der Waals surface area contributed by atoms with Gasteiger partial charge in [0.2, 0.25) is 0 Å². The zero-order chi connectivity index (χ0) is 18.1. The Morgan fingerprint density at radius 1 is 1.08 bits per heavy atom. The summed E-state index contributed by atoms with van der Waals surface area (Å²) >= 11 is 17.3. The summed E-state index contributed by atoms with van der Waals surface area (Å²) in [5.41, 5.74) is -1.10. The number of rotatable bonds is 4. The van der Waals surface area contributed by atoms with Gasteiger partial charge in [-0.25, -0.2) is 8.42 Å². The van der Waals surface area contributed by atoms with Crippen LogP contribution in [0.2, 0.25) is 10.0 Å². The van der Waals surface area contributed by atoms with Gasteiger partial charge in [-0.2, -0.15) is 13.2 Å². The van der Waals surface area contributed by atoms with Gasteiger partial charge in [0, 0.05) is 5.88 Å². The van der Waals surface area contributed by atoms with E-state index in [2.05, 4.69) is 4.72 Å². The van der Waals surface area contributed by atoms with Crippen molar-refractivity contribution in [1.29, 1.82) is 0 Å². The van der Waals surface area contributed by atoms with Crippen LogP contribution < -0.4 is 4.72 Å². The molecule has 0 spiro atoms. The maximum Gasteiger partial charge on any atom is 0.416 e. The summed E-state index contributed by atoms with van der Waals surface area (Å²) in [6, 6.07) is 6.53. The zero-order valence-corrected chi connectivity index (χ0v) is 14.7. The van der Waals surface area contributed by atoms with Gasteiger partial charge in [-0.3, -0.25) is 4.72 Å². The van der Waals surface area contributed by atoms with Crippen LogP contribution in [0.5, 0.6) is 0 Å². The molecule has 2 aromatic carbocycles. The van der Waals surface area contributed by atoms with Gasteiger partial charge in [-0.05, 0) is 29.8 Å². The molecule has 0 saturated heterocycles. The number of sulfonamides is 1. The van der Waals surface area contributed by atoms with Crippen molar-refractivity contribution in [1.82, 2.24) is 0 Å². The maximum atomic E-state index is 12.8. The van der Waals surface area contributed by atoms with Gasteiger partial charge in [0.15, 0.2) is 0 Å². The molecule has 3 nitrogen and oxygen atoms in total. The van der Waals surface area contributed by atoms with Crippen molar-refractivity contribution in [3.63, 3.8) is 0 Å². The molecule has 10 heteroatoms. The van der Waals surface area contributed by atoms with Crippen LogP contribution in [0.4, 0.5) is 18.9 Å². The van der Waals surface area contributed by atoms with E-state index in [1.54, 1.807) is 0 Å². The summed E-state index contributed by atoms with van der Waals surface area (Å²) in [5, 5.41) is -0.229. The van der Waals surface area contributed by atoms with Crippen LogP contribution >= 0.6 is 34.8 Å². The van der Waals surface area contributed by atoms with Crippen LogP contribution in [0.3, 0.4) is 0 Å². The molecule has 0 heterocycles. The van der Waals surface area contributed by atoms with Crippen molar-refractivity contribution >= 4 is 50.5 Å². The summed E-state index contributed by atoms with van der Waals surface area (Å²) in [5.74, 6) is -0.181. The normalized spacial score (nSPS) is 12.2. The maximum absolute atomic E-state index is 12.8. The van der Waals surface area contributed by atoms with Crippen molar-refractivity contribution in [2.45, 2.75) is 17.0 Å². The second-order valence-corrected chi connectivity index (χ2v) is 7.36. The molecule has 0 bridgehead atoms. The fourth-order valence-corrected chi connectivity index (χ4v) is 3.94. The third-order valence-corrected chi connectivity index (χ3v) is 5.66. The Kier molecular flexibility index (Phi) is 5.59. The smallest absolute Gasteiger partial charge is 0.279 e. The molecule has 0 atom stereocenters. The lowest BCUT2D eigenvalue weighted by Crippen LogP contribution is -2.16. The molecule has 0 fully saturated rings. The van der Waals surface area contributed by atoms with E-state index < -0.39 is 21.8 Å². The fraction of sp³-hybridized carbons (Fsp3) is 0.143. The molecule has 0 aliphatic carbocycles. The van der Waals surface area contributed by atoms with Crippen molar-refractivity contribution < 1.29 is 21.6 Å². The lowest BCUT2D eigenvalue weighted by Gasteiger charge is -2.15. The number of hydrogen-bond donors (Lipinski definition) is 1. The summed E-state index contributed by atoms with van der Waals surface area (Å²) in [7, 11) is -4.25. The van der Waals surface area contributed by atoms with Crippen LogP contribution in [-0.2, 0) is 22.1 Å². The Labute approximate surface area is 151 Å². The lowest BCUT2D eigenvalue weighted by molar-refractivity contribution is -0.137. The Balaban J connectivity index is 2.51. The number of nitrogens with one attached hydrogen (secondary N) is 1. The largest absolute Gasteiger partial charge is 0.416 e. The zero-order valence-electron chi connectivity index (χ0n) is 11.7. The number of hydrogen-bond acceptors (Lipinski definition) is 2. The Hall–Kier alpha value is -1.15. The predicted octanol–water partition coefficient (Wildman–Crippen LogP) is 5.55. The topological polar surface area (TPSA) is 46.2 Å². The minimum absolute atomic E-state index is 0.00107. The molecule has 0 amide bonds. The number of alkyl halides is 4. The first-order chi connectivity index (χ1) is 11.1. The molecule has 0 unspecified atom stereocenters. The SMILES string of the molecule is O=S(=O)(Nc1cc(C(F)(F)F)ccc1CCl)c1cccc(Cl)c1Cl. The van der Waals surface area contributed by atoms with E-state index in [1.165, 1.54) is 18.2 Å². The van der Waals surface area contributed by atoms with Gasteiger partial charge < -0.3 is 0 Å². The second-order valence-electron chi connectivity index (χ2n) is 4.66. The quantitative estimate of drug-likeness (QED) is 0.662. The molecular weight excluding hydrogens is 410 g/mol. The summed E-state index contributed by atoms with van der Waals surface area (Å²) in [4.78, 5) is -0.352. The second kappa shape index (κ2) is 7.00. The van der Waals surface area contributed by atoms with Crippen LogP contribution in [0.25, 0.3) is 0 Å². The van der Waals surface area contributed by atoms with Gasteiger partial charge in [-0.1, -0.05) is 35.3 Å². The fourth-order valence-electron chi connectivity index (χ4n) is 1.86. The van der Waals surface area contributed by atoms with Crippen molar-refractivity contribution in [2.75, 3.05) is 4.72 Å². The highest BCUT2D eigenvalue weighted by molar-refractivity contribution is 7.92. The molecular formula is C14H9Cl3F3NO2S. The van der Waals surface area contributed by atoms with Crippen molar-refractivity contribution in [3.05, 3.63) is 57.6 Å². The molecule has 0 saturated carbocycles. The highest BCUT2D eigenvalue weighted by Crippen LogP contribution is 2.35. The molecule has 2 aromatic rings. The van der Waals surface area contributed by atoms with Crippen LogP contribution in [0, 0.1) is 0 Å². The van der Waals surface area contributed by atoms with Gasteiger partial charge in [-0.15, -0.1) is 11.6 Å². The molecule has 1 N–H and O–H groups in total. The van der Waals surface area contributed by atoms with Gasteiger partial charge in [0.25, 0.3) is 10.0 Å². The van der Waals surface area contributed by atoms with Gasteiger partial charge >= 0.3 is 6.18 Å². The Morgan fingerprint density at radius 2 is 1.75 bits per heavy atom. The van der Waals surface area contributed by atoms with Crippen molar-refractivity contribution in [2.24, 2.45) is 0 Å². The lowest BCUT2D eigenvalue weighted by atomic mass is 10.1. The minimum Gasteiger partial charge on any atom is -0.279 e. The summed E-state index contributed by atoms with van der Waals surface area (Å²) in [6.07, 6.45) is -4.63. The standard InChI is InChI=1S/C14H9Cl3F3NO2S/c15-7-8-4-5-9(14(18,19)20)6-11(8)21-24(22,23)12-3-1-2-10(16)13(12)17/h1-6,21H,7H2. The molecule has 0 aliphatic heterocycles. The number of benzene rings is 2. The van der Waals surface area contributed by atoms with E-state index >= 15 is 0 Å². The first-order valence-corrected chi connectivity index (χ1v) is 9.06. The van der Waals surface area contributed by atoms with E-state index in [4.69, 9.17) is 34.8 Å². The number of halogens is 6. The first-order valence-electron chi connectivity index (χ1n) is 6.29. The molecule has 2 rings (SSSR count). The Bertz CT molecular complexity index is 870. The third-order valence-electron chi connectivity index (χ3n) is 3.03. The average molecular weight is 419 g/mol. The van der Waals surface area contributed by atoms with E-state index in [1.807, 2.05) is 0 Å².